The number of anilines is 1. The Balaban J connectivity index is 1.94. The van der Waals surface area contributed by atoms with Gasteiger partial charge >= 0.3 is 6.09 Å². The summed E-state index contributed by atoms with van der Waals surface area (Å²) in [6.45, 7) is 8.31. The van der Waals surface area contributed by atoms with Gasteiger partial charge < -0.3 is 18.9 Å². The van der Waals surface area contributed by atoms with E-state index in [-0.39, 0.29) is 6.10 Å². The second kappa shape index (κ2) is 6.93. The van der Waals surface area contributed by atoms with Gasteiger partial charge in [-0.25, -0.2) is 4.79 Å². The summed E-state index contributed by atoms with van der Waals surface area (Å²) >= 11 is 0. The van der Waals surface area contributed by atoms with Crippen molar-refractivity contribution in [1.29, 1.82) is 0 Å². The number of benzene rings is 1. The maximum Gasteiger partial charge on any atom is 0.411 e. The molecule has 0 bridgehead atoms. The molecule has 0 unspecified atom stereocenters. The van der Waals surface area contributed by atoms with Crippen molar-refractivity contribution >= 4 is 17.4 Å². The second-order valence-electron chi connectivity index (χ2n) is 7.37. The van der Waals surface area contributed by atoms with Crippen molar-refractivity contribution in [2.24, 2.45) is 0 Å². The molecule has 142 valence electrons. The normalized spacial score (nSPS) is 23.0. The van der Waals surface area contributed by atoms with Crippen molar-refractivity contribution < 1.29 is 23.7 Å². The Morgan fingerprint density at radius 2 is 1.96 bits per heavy atom. The number of rotatable bonds is 4. The van der Waals surface area contributed by atoms with Crippen molar-refractivity contribution in [2.45, 2.75) is 57.0 Å². The number of hydrogen-bond donors (Lipinski definition) is 1. The molecule has 3 rings (SSSR count). The summed E-state index contributed by atoms with van der Waals surface area (Å²) in [5.41, 5.74) is 1.55. The van der Waals surface area contributed by atoms with E-state index in [9.17, 15) is 4.79 Å². The van der Waals surface area contributed by atoms with Crippen LogP contribution in [0.25, 0.3) is 5.57 Å². The van der Waals surface area contributed by atoms with Gasteiger partial charge in [0.25, 0.3) is 0 Å². The Morgan fingerprint density at radius 3 is 2.58 bits per heavy atom. The largest absolute Gasteiger partial charge is 0.497 e. The third-order valence-electron chi connectivity index (χ3n) is 5.09. The highest BCUT2D eigenvalue weighted by atomic mass is 16.8. The number of hydrogen-bond acceptors (Lipinski definition) is 5. The molecule has 1 aromatic carbocycles. The van der Waals surface area contributed by atoms with Crippen LogP contribution in [0, 0.1) is 0 Å². The van der Waals surface area contributed by atoms with E-state index in [4.69, 9.17) is 18.9 Å². The van der Waals surface area contributed by atoms with Crippen LogP contribution in [0.5, 0.6) is 5.75 Å². The molecule has 6 heteroatoms. The molecule has 6 nitrogen and oxygen atoms in total. The van der Waals surface area contributed by atoms with Crippen LogP contribution >= 0.6 is 0 Å². The van der Waals surface area contributed by atoms with Gasteiger partial charge in [-0.2, -0.15) is 0 Å². The molecule has 1 aromatic rings. The quantitative estimate of drug-likeness (QED) is 0.863. The van der Waals surface area contributed by atoms with Gasteiger partial charge in [0.2, 0.25) is 0 Å². The highest BCUT2D eigenvalue weighted by molar-refractivity contribution is 5.90. The topological polar surface area (TPSA) is 66.0 Å². The highest BCUT2D eigenvalue weighted by Crippen LogP contribution is 2.49. The van der Waals surface area contributed by atoms with Gasteiger partial charge in [-0.3, -0.25) is 5.32 Å². The molecule has 1 aliphatic heterocycles. The van der Waals surface area contributed by atoms with E-state index >= 15 is 0 Å². The summed E-state index contributed by atoms with van der Waals surface area (Å²) in [4.78, 5) is 11.7. The van der Waals surface area contributed by atoms with E-state index in [2.05, 4.69) is 11.9 Å². The minimum Gasteiger partial charge on any atom is -0.497 e. The molecule has 2 aliphatic rings. The van der Waals surface area contributed by atoms with Crippen LogP contribution < -0.4 is 10.1 Å². The molecule has 1 heterocycles. The summed E-state index contributed by atoms with van der Waals surface area (Å²) in [6, 6.07) is 5.38. The fourth-order valence-electron chi connectivity index (χ4n) is 3.87. The van der Waals surface area contributed by atoms with Gasteiger partial charge in [0.15, 0.2) is 5.79 Å². The van der Waals surface area contributed by atoms with Gasteiger partial charge in [-0.05, 0) is 50.5 Å². The number of carbonyl (C=O) groups excluding carboxylic acids is 1. The molecule has 1 amide bonds. The van der Waals surface area contributed by atoms with Crippen LogP contribution in [0.3, 0.4) is 0 Å². The number of nitrogens with one attached hydrogen (secondary N) is 1. The van der Waals surface area contributed by atoms with Crippen LogP contribution in [-0.2, 0) is 14.2 Å². The minimum atomic E-state index is -0.542. The first-order valence-corrected chi connectivity index (χ1v) is 8.90. The first kappa shape index (κ1) is 18.7. The Morgan fingerprint density at radius 1 is 1.27 bits per heavy atom. The van der Waals surface area contributed by atoms with Crippen LogP contribution in [0.15, 0.2) is 24.8 Å². The van der Waals surface area contributed by atoms with Gasteiger partial charge in [0, 0.05) is 18.4 Å². The van der Waals surface area contributed by atoms with Gasteiger partial charge in [0.05, 0.1) is 25.5 Å². The van der Waals surface area contributed by atoms with Crippen LogP contribution in [0.1, 0.15) is 45.1 Å². The molecular formula is C20H27NO5. The van der Waals surface area contributed by atoms with Crippen molar-refractivity contribution in [3.05, 3.63) is 30.3 Å². The molecule has 26 heavy (non-hydrogen) atoms. The van der Waals surface area contributed by atoms with Crippen LogP contribution in [0.2, 0.25) is 0 Å². The summed E-state index contributed by atoms with van der Waals surface area (Å²) in [5.74, 6) is 0.148. The average Bonchev–Trinajstić information content (AvgIpc) is 3.17. The molecule has 1 atom stereocenters. The number of ether oxygens (including phenoxy) is 4. The van der Waals surface area contributed by atoms with Crippen molar-refractivity contribution in [2.75, 3.05) is 19.5 Å². The van der Waals surface area contributed by atoms with E-state index in [1.807, 2.05) is 19.9 Å². The minimum absolute atomic E-state index is 0.328. The summed E-state index contributed by atoms with van der Waals surface area (Å²) < 4.78 is 22.8. The third kappa shape index (κ3) is 3.44. The van der Waals surface area contributed by atoms with Crippen molar-refractivity contribution in [3.63, 3.8) is 0 Å². The zero-order chi connectivity index (χ0) is 18.9. The van der Waals surface area contributed by atoms with Gasteiger partial charge in [0.1, 0.15) is 11.9 Å². The fraction of sp³-hybridized carbons (Fsp3) is 0.550. The molecule has 1 aliphatic carbocycles. The number of carbonyl (C=O) groups is 1. The van der Waals surface area contributed by atoms with Crippen LogP contribution in [0.4, 0.5) is 10.5 Å². The molecule has 1 saturated heterocycles. The summed E-state index contributed by atoms with van der Waals surface area (Å²) in [5, 5.41) is 2.73. The number of amides is 1. The number of methoxy groups -OCH3 is 2. The summed E-state index contributed by atoms with van der Waals surface area (Å²) in [7, 11) is 2.93. The molecule has 0 aromatic heterocycles. The standard InChI is InChI=1S/C20H27NO5/c1-13(17-19(2,3)26-20(25-17)10-6-7-11-20)15-12-14(23-4)8-9-16(15)21-18(22)24-5/h8-9,12,17H,1,6-7,10-11H2,2-5H3,(H,21,22)/t17-/m0/s1. The van der Waals surface area contributed by atoms with E-state index in [0.717, 1.165) is 36.8 Å². The molecule has 1 saturated carbocycles. The highest BCUT2D eigenvalue weighted by Gasteiger charge is 2.54. The maximum absolute atomic E-state index is 11.7. The Labute approximate surface area is 154 Å². The zero-order valence-corrected chi connectivity index (χ0v) is 15.9. The Bertz CT molecular complexity index is 706. The third-order valence-corrected chi connectivity index (χ3v) is 5.09. The van der Waals surface area contributed by atoms with Crippen LogP contribution in [-0.4, -0.2) is 37.8 Å². The average molecular weight is 361 g/mol. The fourth-order valence-corrected chi connectivity index (χ4v) is 3.87. The van der Waals surface area contributed by atoms with E-state index in [1.165, 1.54) is 7.11 Å². The smallest absolute Gasteiger partial charge is 0.411 e. The van der Waals surface area contributed by atoms with Crippen molar-refractivity contribution in [3.8, 4) is 5.75 Å². The monoisotopic (exact) mass is 361 g/mol. The molecule has 0 radical (unpaired) electrons. The SMILES string of the molecule is C=C(c1cc(OC)ccc1NC(=O)OC)[C@@H]1OC2(CCCC2)OC1(C)C. The lowest BCUT2D eigenvalue weighted by atomic mass is 9.90. The second-order valence-corrected chi connectivity index (χ2v) is 7.37. The summed E-state index contributed by atoms with van der Waals surface area (Å²) in [6.07, 6.45) is 3.12. The molecule has 1 N–H and O–H groups in total. The first-order valence-electron chi connectivity index (χ1n) is 8.90. The maximum atomic E-state index is 11.7. The predicted octanol–water partition coefficient (Wildman–Crippen LogP) is 4.35. The zero-order valence-electron chi connectivity index (χ0n) is 15.9. The Kier molecular flexibility index (Phi) is 4.99. The molecule has 1 spiro atoms. The van der Waals surface area contributed by atoms with E-state index in [1.54, 1.807) is 19.2 Å². The van der Waals surface area contributed by atoms with E-state index in [0.29, 0.717) is 11.4 Å². The lowest BCUT2D eigenvalue weighted by molar-refractivity contribution is -0.177. The first-order chi connectivity index (χ1) is 12.3. The lowest BCUT2D eigenvalue weighted by Crippen LogP contribution is -2.34. The molecular weight excluding hydrogens is 334 g/mol. The Hall–Kier alpha value is -2.05. The predicted molar refractivity (Wildman–Crippen MR) is 99.3 cm³/mol. The van der Waals surface area contributed by atoms with E-state index < -0.39 is 17.5 Å². The van der Waals surface area contributed by atoms with Crippen molar-refractivity contribution in [1.82, 2.24) is 0 Å². The van der Waals surface area contributed by atoms with Gasteiger partial charge in [-0.1, -0.05) is 6.58 Å². The molecule has 2 fully saturated rings. The van der Waals surface area contributed by atoms with Gasteiger partial charge in [-0.15, -0.1) is 0 Å². The lowest BCUT2D eigenvalue weighted by Gasteiger charge is -2.26.